The third kappa shape index (κ3) is 4.47. The number of rotatable bonds is 5. The molecule has 0 amide bonds. The summed E-state index contributed by atoms with van der Waals surface area (Å²) in [7, 11) is 0. The Bertz CT molecular complexity index is 994. The molecule has 1 heterocycles. The maximum absolute atomic E-state index is 3.81. The van der Waals surface area contributed by atoms with Crippen LogP contribution in [0.1, 0.15) is 36.3 Å². The summed E-state index contributed by atoms with van der Waals surface area (Å²) in [5, 5.41) is 3.81. The van der Waals surface area contributed by atoms with Crippen LogP contribution in [0.3, 0.4) is 0 Å². The Kier molecular flexibility index (Phi) is 5.95. The minimum atomic E-state index is 0.370. The molecule has 0 aliphatic carbocycles. The molecule has 4 aromatic rings. The fraction of sp³-hybridized carbons (Fsp3) is 0.200. The highest BCUT2D eigenvalue weighted by atomic mass is 14.9. The molecule has 0 saturated carbocycles. The van der Waals surface area contributed by atoms with Gasteiger partial charge in [0.25, 0.3) is 0 Å². The van der Waals surface area contributed by atoms with Crippen molar-refractivity contribution in [3.63, 3.8) is 0 Å². The zero-order valence-electron chi connectivity index (χ0n) is 17.9. The van der Waals surface area contributed by atoms with E-state index in [-0.39, 0.29) is 0 Å². The molecule has 1 aliphatic heterocycles. The molecule has 31 heavy (non-hydrogen) atoms. The lowest BCUT2D eigenvalue weighted by atomic mass is 9.81. The first kappa shape index (κ1) is 19.8. The molecule has 1 N–H and O–H groups in total. The van der Waals surface area contributed by atoms with Crippen molar-refractivity contribution in [2.24, 2.45) is 0 Å². The van der Waals surface area contributed by atoms with Crippen molar-refractivity contribution in [3.05, 3.63) is 120 Å². The van der Waals surface area contributed by atoms with Crippen LogP contribution in [0.2, 0.25) is 0 Å². The summed E-state index contributed by atoms with van der Waals surface area (Å²) in [6.45, 7) is 1.12. The van der Waals surface area contributed by atoms with Gasteiger partial charge >= 0.3 is 0 Å². The zero-order chi connectivity index (χ0) is 20.9. The van der Waals surface area contributed by atoms with Gasteiger partial charge in [0, 0.05) is 12.0 Å². The molecule has 1 unspecified atom stereocenters. The smallest absolute Gasteiger partial charge is 0.0243 e. The summed E-state index contributed by atoms with van der Waals surface area (Å²) >= 11 is 0. The third-order valence-corrected chi connectivity index (χ3v) is 6.50. The van der Waals surface area contributed by atoms with Crippen LogP contribution in [0.15, 0.2) is 109 Å². The summed E-state index contributed by atoms with van der Waals surface area (Å²) < 4.78 is 0. The van der Waals surface area contributed by atoms with Crippen molar-refractivity contribution in [2.45, 2.75) is 31.2 Å². The molecule has 1 fully saturated rings. The van der Waals surface area contributed by atoms with E-state index in [0.29, 0.717) is 12.0 Å². The fourth-order valence-corrected chi connectivity index (χ4v) is 4.85. The number of hydrogen-bond donors (Lipinski definition) is 1. The van der Waals surface area contributed by atoms with Crippen molar-refractivity contribution in [1.82, 2.24) is 5.32 Å². The Labute approximate surface area is 185 Å². The monoisotopic (exact) mass is 403 g/mol. The van der Waals surface area contributed by atoms with Crippen molar-refractivity contribution in [1.29, 1.82) is 0 Å². The lowest BCUT2D eigenvalue weighted by Crippen LogP contribution is -2.39. The molecule has 0 bridgehead atoms. The van der Waals surface area contributed by atoms with E-state index in [2.05, 4.69) is 115 Å². The minimum absolute atomic E-state index is 0.370. The Balaban J connectivity index is 1.47. The van der Waals surface area contributed by atoms with Crippen LogP contribution >= 0.6 is 0 Å². The molecule has 1 aliphatic rings. The van der Waals surface area contributed by atoms with Crippen LogP contribution in [0.5, 0.6) is 0 Å². The number of hydrogen-bond acceptors (Lipinski definition) is 1. The van der Waals surface area contributed by atoms with Gasteiger partial charge in [-0.2, -0.15) is 0 Å². The Morgan fingerprint density at radius 3 is 1.39 bits per heavy atom. The minimum Gasteiger partial charge on any atom is -0.313 e. The highest BCUT2D eigenvalue weighted by molar-refractivity contribution is 5.65. The van der Waals surface area contributed by atoms with Crippen LogP contribution in [0.25, 0.3) is 22.3 Å². The van der Waals surface area contributed by atoms with E-state index in [4.69, 9.17) is 0 Å². The quantitative estimate of drug-likeness (QED) is 0.369. The van der Waals surface area contributed by atoms with E-state index in [1.54, 1.807) is 0 Å². The van der Waals surface area contributed by atoms with Gasteiger partial charge in [-0.15, -0.1) is 0 Å². The molecule has 1 heteroatoms. The maximum Gasteiger partial charge on any atom is 0.0243 e. The number of benzene rings is 4. The Hall–Kier alpha value is -3.16. The largest absolute Gasteiger partial charge is 0.313 e. The van der Waals surface area contributed by atoms with E-state index in [1.165, 1.54) is 52.6 Å². The highest BCUT2D eigenvalue weighted by Crippen LogP contribution is 2.34. The summed E-state index contributed by atoms with van der Waals surface area (Å²) in [6.07, 6.45) is 3.81. The van der Waals surface area contributed by atoms with Crippen LogP contribution in [0, 0.1) is 0 Å². The predicted molar refractivity (Wildman–Crippen MR) is 131 cm³/mol. The first-order chi connectivity index (χ1) is 15.4. The zero-order valence-corrected chi connectivity index (χ0v) is 17.9. The molecule has 154 valence electrons. The first-order valence-corrected chi connectivity index (χ1v) is 11.4. The summed E-state index contributed by atoms with van der Waals surface area (Å²) in [5.41, 5.74) is 7.89. The van der Waals surface area contributed by atoms with Crippen molar-refractivity contribution in [2.75, 3.05) is 6.54 Å². The topological polar surface area (TPSA) is 12.0 Å². The van der Waals surface area contributed by atoms with Gasteiger partial charge in [-0.25, -0.2) is 0 Å². The number of nitrogens with one attached hydrogen (secondary N) is 1. The van der Waals surface area contributed by atoms with Crippen molar-refractivity contribution < 1.29 is 0 Å². The normalized spacial score (nSPS) is 16.4. The standard InChI is InChI=1S/C30H29N/c1-3-9-23(10-4-1)25-14-18-27(19-15-25)30(29-13-7-8-22-31-29)28-20-16-26(17-21-28)24-11-5-2-6-12-24/h1-6,9-12,14-21,29-31H,7-8,13,22H2. The van der Waals surface area contributed by atoms with E-state index >= 15 is 0 Å². The molecule has 5 rings (SSSR count). The van der Waals surface area contributed by atoms with Crippen LogP contribution < -0.4 is 5.32 Å². The molecular weight excluding hydrogens is 374 g/mol. The average Bonchev–Trinajstić information content (AvgIpc) is 2.87. The van der Waals surface area contributed by atoms with E-state index < -0.39 is 0 Å². The van der Waals surface area contributed by atoms with Crippen molar-refractivity contribution >= 4 is 0 Å². The summed E-state index contributed by atoms with van der Waals surface area (Å²) in [4.78, 5) is 0. The summed E-state index contributed by atoms with van der Waals surface area (Å²) in [6, 6.07) is 40.2. The predicted octanol–water partition coefficient (Wildman–Crippen LogP) is 7.29. The third-order valence-electron chi connectivity index (χ3n) is 6.50. The van der Waals surface area contributed by atoms with Gasteiger partial charge in [-0.1, -0.05) is 116 Å². The number of piperidine rings is 1. The molecule has 0 aromatic heterocycles. The second kappa shape index (κ2) is 9.32. The second-order valence-corrected chi connectivity index (χ2v) is 8.51. The van der Waals surface area contributed by atoms with Crippen LogP contribution in [-0.2, 0) is 0 Å². The van der Waals surface area contributed by atoms with Crippen LogP contribution in [-0.4, -0.2) is 12.6 Å². The van der Waals surface area contributed by atoms with Crippen molar-refractivity contribution in [3.8, 4) is 22.3 Å². The second-order valence-electron chi connectivity index (χ2n) is 8.51. The SMILES string of the molecule is c1ccc(-c2ccc(C(c3ccc(-c4ccccc4)cc3)C3CCCCN3)cc2)cc1. The first-order valence-electron chi connectivity index (χ1n) is 11.4. The molecule has 1 nitrogen and oxygen atoms in total. The molecule has 1 saturated heterocycles. The maximum atomic E-state index is 3.81. The van der Waals surface area contributed by atoms with Gasteiger partial charge in [-0.3, -0.25) is 0 Å². The molecule has 4 aromatic carbocycles. The highest BCUT2D eigenvalue weighted by Gasteiger charge is 2.26. The fourth-order valence-electron chi connectivity index (χ4n) is 4.85. The van der Waals surface area contributed by atoms with Gasteiger partial charge in [0.05, 0.1) is 0 Å². The van der Waals surface area contributed by atoms with Crippen LogP contribution in [0.4, 0.5) is 0 Å². The van der Waals surface area contributed by atoms with E-state index in [1.807, 2.05) is 0 Å². The lowest BCUT2D eigenvalue weighted by molar-refractivity contribution is 0.372. The van der Waals surface area contributed by atoms with Gasteiger partial charge in [0.1, 0.15) is 0 Å². The molecule has 1 atom stereocenters. The Morgan fingerprint density at radius 2 is 0.968 bits per heavy atom. The van der Waals surface area contributed by atoms with Gasteiger partial charge in [0.15, 0.2) is 0 Å². The van der Waals surface area contributed by atoms with Gasteiger partial charge in [-0.05, 0) is 52.8 Å². The Morgan fingerprint density at radius 1 is 0.516 bits per heavy atom. The van der Waals surface area contributed by atoms with Gasteiger partial charge < -0.3 is 5.32 Å². The molecule has 0 spiro atoms. The average molecular weight is 404 g/mol. The molecule has 0 radical (unpaired) electrons. The van der Waals surface area contributed by atoms with E-state index in [9.17, 15) is 0 Å². The molecular formula is C30H29N. The van der Waals surface area contributed by atoms with E-state index in [0.717, 1.165) is 6.54 Å². The summed E-state index contributed by atoms with van der Waals surface area (Å²) in [5.74, 6) is 0.370. The lowest BCUT2D eigenvalue weighted by Gasteiger charge is -2.32. The van der Waals surface area contributed by atoms with Gasteiger partial charge in [0.2, 0.25) is 0 Å².